The van der Waals surface area contributed by atoms with Gasteiger partial charge in [0.15, 0.2) is 6.10 Å². The fourth-order valence-corrected chi connectivity index (χ4v) is 2.87. The van der Waals surface area contributed by atoms with E-state index in [0.717, 1.165) is 5.56 Å². The molecule has 4 N–H and O–H groups in total. The average molecular weight is 402 g/mol. The van der Waals surface area contributed by atoms with E-state index in [-0.39, 0.29) is 23.9 Å². The molecule has 0 aromatic heterocycles. The predicted octanol–water partition coefficient (Wildman–Crippen LogP) is 1.66. The smallest absolute Gasteiger partial charge is 0.303 e. The zero-order valence-corrected chi connectivity index (χ0v) is 15.6. The molecule has 8 nitrogen and oxygen atoms in total. The largest absolute Gasteiger partial charge is 0.508 e. The number of aromatic hydroxyl groups is 2. The van der Waals surface area contributed by atoms with Gasteiger partial charge in [0.2, 0.25) is 6.29 Å². The second-order valence-electron chi connectivity index (χ2n) is 6.63. The van der Waals surface area contributed by atoms with Gasteiger partial charge in [-0.3, -0.25) is 4.79 Å². The van der Waals surface area contributed by atoms with Gasteiger partial charge >= 0.3 is 5.97 Å². The maximum Gasteiger partial charge on any atom is 0.303 e. The minimum Gasteiger partial charge on any atom is -0.508 e. The normalized spacial score (nSPS) is 24.4. The molecule has 0 spiro atoms. The molecule has 1 aliphatic heterocycles. The topological polar surface area (TPSA) is 126 Å². The Labute approximate surface area is 167 Å². The summed E-state index contributed by atoms with van der Waals surface area (Å²) in [6, 6.07) is 11.1. The van der Waals surface area contributed by atoms with Crippen molar-refractivity contribution in [2.45, 2.75) is 31.5 Å². The maximum atomic E-state index is 11.0. The molecular weight excluding hydrogens is 380 g/mol. The van der Waals surface area contributed by atoms with Gasteiger partial charge in [0.25, 0.3) is 0 Å². The summed E-state index contributed by atoms with van der Waals surface area (Å²) in [5.41, 5.74) is 1.47. The Morgan fingerprint density at radius 1 is 1.00 bits per heavy atom. The molecule has 1 fully saturated rings. The Kier molecular flexibility index (Phi) is 6.38. The fourth-order valence-electron chi connectivity index (χ4n) is 2.87. The maximum absolute atomic E-state index is 11.0. The van der Waals surface area contributed by atoms with Crippen molar-refractivity contribution in [3.8, 4) is 17.2 Å². The molecule has 8 heteroatoms. The van der Waals surface area contributed by atoms with Crippen LogP contribution in [-0.2, 0) is 14.3 Å². The number of hydrogen-bond acceptors (Lipinski definition) is 8. The van der Waals surface area contributed by atoms with Gasteiger partial charge in [-0.15, -0.1) is 0 Å². The lowest BCUT2D eigenvalue weighted by Crippen LogP contribution is -2.56. The van der Waals surface area contributed by atoms with Crippen molar-refractivity contribution in [1.82, 2.24) is 0 Å². The van der Waals surface area contributed by atoms with E-state index >= 15 is 0 Å². The Bertz CT molecular complexity index is 877. The molecule has 2 aromatic carbocycles. The zero-order chi connectivity index (χ0) is 21.0. The number of benzene rings is 2. The van der Waals surface area contributed by atoms with E-state index in [1.807, 2.05) is 0 Å². The molecule has 2 aromatic rings. The second-order valence-corrected chi connectivity index (χ2v) is 6.63. The highest BCUT2D eigenvalue weighted by atomic mass is 16.7. The predicted molar refractivity (Wildman–Crippen MR) is 103 cm³/mol. The van der Waals surface area contributed by atoms with Crippen LogP contribution >= 0.6 is 0 Å². The van der Waals surface area contributed by atoms with Gasteiger partial charge in [-0.25, -0.2) is 0 Å². The number of rotatable bonds is 5. The highest BCUT2D eigenvalue weighted by molar-refractivity contribution is 5.71. The molecule has 1 saturated heterocycles. The summed E-state index contributed by atoms with van der Waals surface area (Å²) in [5, 5.41) is 39.6. The lowest BCUT2D eigenvalue weighted by molar-refractivity contribution is -0.247. The number of carbonyl (C=O) groups excluding carboxylic acids is 1. The molecule has 3 rings (SSSR count). The van der Waals surface area contributed by atoms with Gasteiger partial charge in [0.1, 0.15) is 29.5 Å². The van der Waals surface area contributed by atoms with Crippen LogP contribution in [0.1, 0.15) is 18.1 Å². The molecule has 29 heavy (non-hydrogen) atoms. The first-order valence-corrected chi connectivity index (χ1v) is 8.94. The fraction of sp³-hybridized carbons (Fsp3) is 0.286. The average Bonchev–Trinajstić information content (AvgIpc) is 2.67. The summed E-state index contributed by atoms with van der Waals surface area (Å²) in [6.45, 7) is 1.05. The summed E-state index contributed by atoms with van der Waals surface area (Å²) in [6.07, 6.45) is -1.49. The van der Waals surface area contributed by atoms with Crippen LogP contribution in [0.5, 0.6) is 17.2 Å². The molecule has 0 aliphatic carbocycles. The molecule has 0 saturated carbocycles. The Morgan fingerprint density at radius 2 is 1.69 bits per heavy atom. The quantitative estimate of drug-likeness (QED) is 0.439. The van der Waals surface area contributed by atoms with E-state index in [0.29, 0.717) is 5.56 Å². The van der Waals surface area contributed by atoms with Crippen molar-refractivity contribution in [3.05, 3.63) is 53.6 Å². The van der Waals surface area contributed by atoms with Crippen molar-refractivity contribution in [1.29, 1.82) is 0 Å². The first kappa shape index (κ1) is 20.7. The van der Waals surface area contributed by atoms with Gasteiger partial charge < -0.3 is 34.6 Å². The van der Waals surface area contributed by atoms with Crippen LogP contribution in [0.15, 0.2) is 42.5 Å². The van der Waals surface area contributed by atoms with Crippen molar-refractivity contribution < 1.29 is 39.4 Å². The summed E-state index contributed by atoms with van der Waals surface area (Å²) in [4.78, 5) is 11.0. The van der Waals surface area contributed by atoms with Crippen LogP contribution in [0, 0.1) is 0 Å². The number of hydrogen-bond donors (Lipinski definition) is 4. The SMILES string of the molecule is CC(=O)O[C@H]1CO[C@H](Oc2cc(O)cc(/C=C/c3ccc(O)cc3)c2)[C@@H](O)[C@@H]1O. The Hall–Kier alpha value is -3.07. The number of phenols is 2. The number of aliphatic hydroxyl groups is 2. The minimum atomic E-state index is -1.45. The van der Waals surface area contributed by atoms with Gasteiger partial charge in [-0.05, 0) is 35.4 Å². The third kappa shape index (κ3) is 5.47. The van der Waals surface area contributed by atoms with Crippen molar-refractivity contribution >= 4 is 18.1 Å². The number of aliphatic hydroxyl groups excluding tert-OH is 2. The van der Waals surface area contributed by atoms with Crippen LogP contribution in [0.4, 0.5) is 0 Å². The number of ether oxygens (including phenoxy) is 3. The number of carbonyl (C=O) groups is 1. The van der Waals surface area contributed by atoms with Crippen molar-refractivity contribution in [2.75, 3.05) is 6.61 Å². The molecule has 0 amide bonds. The zero-order valence-electron chi connectivity index (χ0n) is 15.6. The van der Waals surface area contributed by atoms with Gasteiger partial charge in [0.05, 0.1) is 6.61 Å². The monoisotopic (exact) mass is 402 g/mol. The molecule has 4 atom stereocenters. The van der Waals surface area contributed by atoms with Crippen molar-refractivity contribution in [2.24, 2.45) is 0 Å². The highest BCUT2D eigenvalue weighted by Crippen LogP contribution is 2.27. The van der Waals surface area contributed by atoms with E-state index in [9.17, 15) is 25.2 Å². The molecule has 0 unspecified atom stereocenters. The Morgan fingerprint density at radius 3 is 2.38 bits per heavy atom. The summed E-state index contributed by atoms with van der Waals surface area (Å²) in [5.74, 6) is -0.268. The Balaban J connectivity index is 1.70. The third-order valence-corrected chi connectivity index (χ3v) is 4.28. The van der Waals surface area contributed by atoms with E-state index in [4.69, 9.17) is 14.2 Å². The standard InChI is InChI=1S/C21H22O8/c1-12(22)28-18-11-27-21(20(26)19(18)25)29-17-9-14(8-16(24)10-17)3-2-13-4-6-15(23)7-5-13/h2-10,18-21,23-26H,11H2,1H3/b3-2+/t18-,19+,20-,21+/m0/s1. The van der Waals surface area contributed by atoms with Crippen LogP contribution < -0.4 is 4.74 Å². The molecule has 1 heterocycles. The molecule has 154 valence electrons. The van der Waals surface area contributed by atoms with E-state index < -0.39 is 30.6 Å². The van der Waals surface area contributed by atoms with Crippen LogP contribution in [0.3, 0.4) is 0 Å². The van der Waals surface area contributed by atoms with E-state index in [2.05, 4.69) is 0 Å². The molecule has 1 aliphatic rings. The number of esters is 1. The van der Waals surface area contributed by atoms with Gasteiger partial charge in [-0.1, -0.05) is 24.3 Å². The van der Waals surface area contributed by atoms with E-state index in [1.54, 1.807) is 42.5 Å². The van der Waals surface area contributed by atoms with Gasteiger partial charge in [0, 0.05) is 13.0 Å². The minimum absolute atomic E-state index is 0.0588. The third-order valence-electron chi connectivity index (χ3n) is 4.28. The molecule has 0 bridgehead atoms. The van der Waals surface area contributed by atoms with Crippen molar-refractivity contribution in [3.63, 3.8) is 0 Å². The van der Waals surface area contributed by atoms with E-state index in [1.165, 1.54) is 19.1 Å². The van der Waals surface area contributed by atoms with Crippen LogP contribution in [0.2, 0.25) is 0 Å². The first-order chi connectivity index (χ1) is 13.8. The first-order valence-electron chi connectivity index (χ1n) is 8.94. The van der Waals surface area contributed by atoms with Gasteiger partial charge in [-0.2, -0.15) is 0 Å². The number of phenolic OH excluding ortho intramolecular Hbond substituents is 2. The lowest BCUT2D eigenvalue weighted by Gasteiger charge is -2.36. The molecule has 0 radical (unpaired) electrons. The second kappa shape index (κ2) is 8.95. The lowest BCUT2D eigenvalue weighted by atomic mass is 10.1. The summed E-state index contributed by atoms with van der Waals surface area (Å²) in [7, 11) is 0. The van der Waals surface area contributed by atoms with Crippen LogP contribution in [-0.4, -0.2) is 57.6 Å². The summed E-state index contributed by atoms with van der Waals surface area (Å²) < 4.78 is 15.8. The highest BCUT2D eigenvalue weighted by Gasteiger charge is 2.41. The molecular formula is C21H22O8. The summed E-state index contributed by atoms with van der Waals surface area (Å²) >= 11 is 0. The van der Waals surface area contributed by atoms with Crippen LogP contribution in [0.25, 0.3) is 12.2 Å².